The minimum atomic E-state index is -0.332. The van der Waals surface area contributed by atoms with Gasteiger partial charge in [0.25, 0.3) is 5.91 Å². The third kappa shape index (κ3) is 4.69. The lowest BCUT2D eigenvalue weighted by atomic mass is 10.2. The number of halogens is 1. The molecule has 0 atom stereocenters. The van der Waals surface area contributed by atoms with Crippen molar-refractivity contribution >= 4 is 51.3 Å². The van der Waals surface area contributed by atoms with Crippen LogP contribution < -0.4 is 5.32 Å². The van der Waals surface area contributed by atoms with Crippen molar-refractivity contribution in [2.45, 2.75) is 13.3 Å². The number of anilines is 1. The largest absolute Gasteiger partial charge is 0.466 e. The second-order valence-corrected chi connectivity index (χ2v) is 7.63. The molecule has 3 rings (SSSR count). The molecule has 0 unspecified atom stereocenters. The van der Waals surface area contributed by atoms with Crippen molar-refractivity contribution in [1.29, 1.82) is 0 Å². The first-order chi connectivity index (χ1) is 12.5. The van der Waals surface area contributed by atoms with Crippen molar-refractivity contribution < 1.29 is 14.3 Å². The Bertz CT molecular complexity index is 919. The third-order valence-electron chi connectivity index (χ3n) is 3.36. The van der Waals surface area contributed by atoms with Crippen molar-refractivity contribution in [2.24, 2.45) is 0 Å². The fourth-order valence-corrected chi connectivity index (χ4v) is 3.93. The Morgan fingerprint density at radius 1 is 1.19 bits per heavy atom. The Morgan fingerprint density at radius 3 is 2.69 bits per heavy atom. The Kier molecular flexibility index (Phi) is 6.03. The van der Waals surface area contributed by atoms with Crippen LogP contribution >= 0.6 is 34.3 Å². The maximum atomic E-state index is 12.4. The number of esters is 1. The van der Waals surface area contributed by atoms with Crippen molar-refractivity contribution in [3.63, 3.8) is 0 Å². The second-order valence-electron chi connectivity index (χ2n) is 5.25. The molecule has 0 aliphatic carbocycles. The predicted molar refractivity (Wildman–Crippen MR) is 105 cm³/mol. The number of thiophene rings is 1. The number of benzene rings is 1. The first-order valence-corrected chi connectivity index (χ1v) is 9.89. The van der Waals surface area contributed by atoms with Crippen LogP contribution in [-0.4, -0.2) is 23.5 Å². The Balaban J connectivity index is 1.64. The van der Waals surface area contributed by atoms with Crippen LogP contribution in [0.1, 0.15) is 22.3 Å². The molecule has 1 amide bonds. The lowest BCUT2D eigenvalue weighted by Crippen LogP contribution is -2.11. The van der Waals surface area contributed by atoms with E-state index in [1.165, 1.54) is 22.7 Å². The number of nitrogens with zero attached hydrogens (tertiary/aromatic N) is 1. The first-order valence-electron chi connectivity index (χ1n) is 7.82. The molecular weight excluding hydrogens is 392 g/mol. The first kappa shape index (κ1) is 18.6. The quantitative estimate of drug-likeness (QED) is 0.592. The molecule has 134 valence electrons. The summed E-state index contributed by atoms with van der Waals surface area (Å²) in [4.78, 5) is 29.7. The molecule has 26 heavy (non-hydrogen) atoms. The minimum Gasteiger partial charge on any atom is -0.466 e. The van der Waals surface area contributed by atoms with Crippen molar-refractivity contribution in [2.75, 3.05) is 11.9 Å². The van der Waals surface area contributed by atoms with E-state index >= 15 is 0 Å². The number of aromatic nitrogens is 1. The van der Waals surface area contributed by atoms with Crippen LogP contribution in [0.15, 0.2) is 41.8 Å². The van der Waals surface area contributed by atoms with E-state index in [9.17, 15) is 9.59 Å². The Hall–Kier alpha value is -2.22. The van der Waals surface area contributed by atoms with Crippen molar-refractivity contribution in [3.05, 3.63) is 57.4 Å². The molecule has 0 radical (unpaired) electrons. The zero-order chi connectivity index (χ0) is 18.5. The topological polar surface area (TPSA) is 68.3 Å². The number of hydrogen-bond acceptors (Lipinski definition) is 6. The van der Waals surface area contributed by atoms with Gasteiger partial charge in [0.05, 0.1) is 23.6 Å². The Labute approximate surface area is 163 Å². The van der Waals surface area contributed by atoms with Gasteiger partial charge in [-0.2, -0.15) is 0 Å². The van der Waals surface area contributed by atoms with E-state index in [0.717, 1.165) is 10.4 Å². The summed E-state index contributed by atoms with van der Waals surface area (Å²) in [6.07, 6.45) is 0.0972. The SMILES string of the molecule is CCOC(=O)Cc1csc(NC(=O)c2ccc(-c3ccc(Cl)cc3)s2)n1. The van der Waals surface area contributed by atoms with Gasteiger partial charge in [0.1, 0.15) is 0 Å². The normalized spacial score (nSPS) is 10.5. The zero-order valence-electron chi connectivity index (χ0n) is 13.8. The highest BCUT2D eigenvalue weighted by Gasteiger charge is 2.14. The van der Waals surface area contributed by atoms with Gasteiger partial charge in [0, 0.05) is 15.3 Å². The van der Waals surface area contributed by atoms with Gasteiger partial charge in [-0.1, -0.05) is 23.7 Å². The van der Waals surface area contributed by atoms with Gasteiger partial charge in [0.15, 0.2) is 5.13 Å². The van der Waals surface area contributed by atoms with E-state index in [-0.39, 0.29) is 18.3 Å². The van der Waals surface area contributed by atoms with Gasteiger partial charge in [-0.3, -0.25) is 14.9 Å². The lowest BCUT2D eigenvalue weighted by Gasteiger charge is -2.00. The summed E-state index contributed by atoms with van der Waals surface area (Å²) in [5, 5.41) is 5.63. The van der Waals surface area contributed by atoms with E-state index < -0.39 is 0 Å². The fraction of sp³-hybridized carbons (Fsp3) is 0.167. The van der Waals surface area contributed by atoms with Gasteiger partial charge < -0.3 is 4.74 Å². The molecule has 3 aromatic rings. The molecule has 0 saturated heterocycles. The van der Waals surface area contributed by atoms with Gasteiger partial charge in [0.2, 0.25) is 0 Å². The minimum absolute atomic E-state index is 0.0972. The van der Waals surface area contributed by atoms with Crippen molar-refractivity contribution in [3.8, 4) is 10.4 Å². The highest BCUT2D eigenvalue weighted by Crippen LogP contribution is 2.29. The maximum Gasteiger partial charge on any atom is 0.311 e. The van der Waals surface area contributed by atoms with Crippen LogP contribution in [0.3, 0.4) is 0 Å². The molecule has 1 aromatic carbocycles. The van der Waals surface area contributed by atoms with E-state index in [4.69, 9.17) is 16.3 Å². The fourth-order valence-electron chi connectivity index (χ4n) is 2.19. The molecule has 0 fully saturated rings. The molecule has 2 aromatic heterocycles. The smallest absolute Gasteiger partial charge is 0.311 e. The number of thiazole rings is 1. The number of rotatable bonds is 6. The number of nitrogens with one attached hydrogen (secondary N) is 1. The number of ether oxygens (including phenoxy) is 1. The van der Waals surface area contributed by atoms with E-state index in [1.54, 1.807) is 18.4 Å². The van der Waals surface area contributed by atoms with E-state index in [0.29, 0.717) is 27.3 Å². The van der Waals surface area contributed by atoms with Gasteiger partial charge in [-0.15, -0.1) is 22.7 Å². The van der Waals surface area contributed by atoms with E-state index in [2.05, 4.69) is 10.3 Å². The number of carbonyl (C=O) groups is 2. The van der Waals surface area contributed by atoms with Crippen LogP contribution in [0.5, 0.6) is 0 Å². The average molecular weight is 407 g/mol. The number of carbonyl (C=O) groups excluding carboxylic acids is 2. The summed E-state index contributed by atoms with van der Waals surface area (Å²) < 4.78 is 4.89. The van der Waals surface area contributed by atoms with Crippen LogP contribution in [0.25, 0.3) is 10.4 Å². The highest BCUT2D eigenvalue weighted by atomic mass is 35.5. The molecule has 0 aliphatic heterocycles. The molecule has 0 spiro atoms. The average Bonchev–Trinajstić information content (AvgIpc) is 3.25. The van der Waals surface area contributed by atoms with Crippen LogP contribution in [0, 0.1) is 0 Å². The number of hydrogen-bond donors (Lipinski definition) is 1. The molecule has 8 heteroatoms. The summed E-state index contributed by atoms with van der Waals surface area (Å²) in [7, 11) is 0. The molecule has 0 saturated carbocycles. The highest BCUT2D eigenvalue weighted by molar-refractivity contribution is 7.17. The molecule has 1 N–H and O–H groups in total. The van der Waals surface area contributed by atoms with Gasteiger partial charge >= 0.3 is 5.97 Å². The summed E-state index contributed by atoms with van der Waals surface area (Å²) in [5.41, 5.74) is 1.58. The molecule has 5 nitrogen and oxygen atoms in total. The Morgan fingerprint density at radius 2 is 1.96 bits per heavy atom. The third-order valence-corrected chi connectivity index (χ3v) is 5.55. The van der Waals surface area contributed by atoms with Crippen LogP contribution in [-0.2, 0) is 16.0 Å². The van der Waals surface area contributed by atoms with Crippen LogP contribution in [0.4, 0.5) is 5.13 Å². The van der Waals surface area contributed by atoms with Gasteiger partial charge in [-0.25, -0.2) is 4.98 Å². The predicted octanol–water partition coefficient (Wildman–Crippen LogP) is 4.88. The van der Waals surface area contributed by atoms with Gasteiger partial charge in [-0.05, 0) is 36.8 Å². The summed E-state index contributed by atoms with van der Waals surface area (Å²) in [6, 6.07) is 11.1. The zero-order valence-corrected chi connectivity index (χ0v) is 16.2. The standard InChI is InChI=1S/C18H15ClN2O3S2/c1-2-24-16(22)9-13-10-25-18(20-13)21-17(23)15-8-7-14(26-15)11-3-5-12(19)6-4-11/h3-8,10H,2,9H2,1H3,(H,20,21,23). The molecular formula is C18H15ClN2O3S2. The maximum absolute atomic E-state index is 12.4. The summed E-state index contributed by atoms with van der Waals surface area (Å²) >= 11 is 8.57. The number of amides is 1. The monoisotopic (exact) mass is 406 g/mol. The molecule has 0 bridgehead atoms. The molecule has 0 aliphatic rings. The van der Waals surface area contributed by atoms with Crippen LogP contribution in [0.2, 0.25) is 5.02 Å². The second kappa shape index (κ2) is 8.44. The summed E-state index contributed by atoms with van der Waals surface area (Å²) in [5.74, 6) is -0.561. The molecule has 2 heterocycles. The van der Waals surface area contributed by atoms with E-state index in [1.807, 2.05) is 30.3 Å². The lowest BCUT2D eigenvalue weighted by molar-refractivity contribution is -0.142. The van der Waals surface area contributed by atoms with Crippen molar-refractivity contribution in [1.82, 2.24) is 4.98 Å². The summed E-state index contributed by atoms with van der Waals surface area (Å²) in [6.45, 7) is 2.09.